The van der Waals surface area contributed by atoms with E-state index >= 15 is 0 Å². The molecule has 0 bridgehead atoms. The van der Waals surface area contributed by atoms with Crippen molar-refractivity contribution in [3.8, 4) is 0 Å². The second-order valence-electron chi connectivity index (χ2n) is 4.61. The fourth-order valence-electron chi connectivity index (χ4n) is 2.43. The summed E-state index contributed by atoms with van der Waals surface area (Å²) in [6, 6.07) is 4.86. The lowest BCUT2D eigenvalue weighted by atomic mass is 9.85. The van der Waals surface area contributed by atoms with Gasteiger partial charge in [-0.3, -0.25) is 0 Å². The van der Waals surface area contributed by atoms with Crippen LogP contribution in [-0.2, 0) is 0 Å². The van der Waals surface area contributed by atoms with Crippen LogP contribution in [0.4, 0.5) is 4.39 Å². The first-order chi connectivity index (χ1) is 7.68. The molecule has 1 heterocycles. The molecule has 1 aromatic rings. The van der Waals surface area contributed by atoms with Crippen LogP contribution in [-0.4, -0.2) is 13.1 Å². The van der Waals surface area contributed by atoms with Crippen LogP contribution in [0.2, 0.25) is 0 Å². The number of benzene rings is 1. The van der Waals surface area contributed by atoms with Gasteiger partial charge in [-0.2, -0.15) is 0 Å². The summed E-state index contributed by atoms with van der Waals surface area (Å²) in [5.74, 6) is 0.284. The van der Waals surface area contributed by atoms with Gasteiger partial charge in [0.25, 0.3) is 0 Å². The maximum absolute atomic E-state index is 13.2. The van der Waals surface area contributed by atoms with Gasteiger partial charge in [-0.05, 0) is 62.0 Å². The molecule has 0 aromatic heterocycles. The van der Waals surface area contributed by atoms with Gasteiger partial charge >= 0.3 is 0 Å². The van der Waals surface area contributed by atoms with Gasteiger partial charge in [-0.15, -0.1) is 0 Å². The van der Waals surface area contributed by atoms with Gasteiger partial charge in [0.1, 0.15) is 5.82 Å². The first-order valence-corrected chi connectivity index (χ1v) is 5.91. The largest absolute Gasteiger partial charge is 0.324 e. The highest BCUT2D eigenvalue weighted by Crippen LogP contribution is 2.28. The molecule has 0 unspecified atom stereocenters. The van der Waals surface area contributed by atoms with Crippen molar-refractivity contribution in [3.05, 3.63) is 35.1 Å². The van der Waals surface area contributed by atoms with Gasteiger partial charge in [0.15, 0.2) is 0 Å². The molecule has 88 valence electrons. The monoisotopic (exact) mass is 222 g/mol. The lowest BCUT2D eigenvalue weighted by Crippen LogP contribution is -2.34. The Hall–Kier alpha value is -0.930. The van der Waals surface area contributed by atoms with Crippen LogP contribution in [0.1, 0.15) is 30.0 Å². The molecule has 3 heteroatoms. The molecule has 3 N–H and O–H groups in total. The summed E-state index contributed by atoms with van der Waals surface area (Å²) in [5, 5.41) is 3.32. The van der Waals surface area contributed by atoms with Gasteiger partial charge in [0, 0.05) is 6.04 Å². The van der Waals surface area contributed by atoms with E-state index in [9.17, 15) is 4.39 Å². The summed E-state index contributed by atoms with van der Waals surface area (Å²) in [4.78, 5) is 0. The highest BCUT2D eigenvalue weighted by atomic mass is 19.1. The minimum atomic E-state index is -0.190. The van der Waals surface area contributed by atoms with Crippen LogP contribution in [0, 0.1) is 18.7 Å². The average molecular weight is 222 g/mol. The van der Waals surface area contributed by atoms with Crippen LogP contribution in [0.15, 0.2) is 18.2 Å². The standard InChI is InChI=1S/C13H19FN2/c1-9-2-3-11(14)8-12(9)13(15)10-4-6-16-7-5-10/h2-3,8,10,13,16H,4-7,15H2,1H3/t13-/m1/s1. The number of rotatable bonds is 2. The average Bonchev–Trinajstić information content (AvgIpc) is 2.32. The first kappa shape index (κ1) is 11.6. The van der Waals surface area contributed by atoms with Crippen molar-refractivity contribution in [2.45, 2.75) is 25.8 Å². The van der Waals surface area contributed by atoms with E-state index in [0.717, 1.165) is 37.1 Å². The third kappa shape index (κ3) is 2.42. The number of nitrogens with one attached hydrogen (secondary N) is 1. The molecule has 1 aromatic carbocycles. The summed E-state index contributed by atoms with van der Waals surface area (Å²) in [6.45, 7) is 4.04. The molecule has 1 atom stereocenters. The van der Waals surface area contributed by atoms with Crippen molar-refractivity contribution < 1.29 is 4.39 Å². The number of aryl methyl sites for hydroxylation is 1. The smallest absolute Gasteiger partial charge is 0.123 e. The van der Waals surface area contributed by atoms with E-state index in [4.69, 9.17) is 5.73 Å². The first-order valence-electron chi connectivity index (χ1n) is 5.91. The predicted octanol–water partition coefficient (Wildman–Crippen LogP) is 2.13. The summed E-state index contributed by atoms with van der Waals surface area (Å²) in [7, 11) is 0. The predicted molar refractivity (Wildman–Crippen MR) is 63.7 cm³/mol. The number of piperidine rings is 1. The molecule has 1 saturated heterocycles. The van der Waals surface area contributed by atoms with Gasteiger partial charge in [0.05, 0.1) is 0 Å². The molecule has 1 aliphatic rings. The van der Waals surface area contributed by atoms with E-state index in [0.29, 0.717) is 5.92 Å². The van der Waals surface area contributed by atoms with E-state index < -0.39 is 0 Å². The number of nitrogens with two attached hydrogens (primary N) is 1. The summed E-state index contributed by atoms with van der Waals surface area (Å²) < 4.78 is 13.2. The fourth-order valence-corrected chi connectivity index (χ4v) is 2.43. The lowest BCUT2D eigenvalue weighted by molar-refractivity contribution is 0.321. The SMILES string of the molecule is Cc1ccc(F)cc1[C@H](N)C1CCNCC1. The minimum Gasteiger partial charge on any atom is -0.324 e. The minimum absolute atomic E-state index is 0.0298. The number of hydrogen-bond acceptors (Lipinski definition) is 2. The highest BCUT2D eigenvalue weighted by molar-refractivity contribution is 5.29. The normalized spacial score (nSPS) is 19.7. The van der Waals surface area contributed by atoms with E-state index in [2.05, 4.69) is 5.32 Å². The van der Waals surface area contributed by atoms with Crippen molar-refractivity contribution >= 4 is 0 Å². The molecular formula is C13H19FN2. The molecule has 0 amide bonds. The van der Waals surface area contributed by atoms with Crippen molar-refractivity contribution in [1.82, 2.24) is 5.32 Å². The van der Waals surface area contributed by atoms with Crippen LogP contribution >= 0.6 is 0 Å². The Morgan fingerprint density at radius 1 is 1.38 bits per heavy atom. The van der Waals surface area contributed by atoms with E-state index in [1.165, 1.54) is 6.07 Å². The molecule has 16 heavy (non-hydrogen) atoms. The van der Waals surface area contributed by atoms with Crippen molar-refractivity contribution in [3.63, 3.8) is 0 Å². The zero-order valence-corrected chi connectivity index (χ0v) is 9.67. The second-order valence-corrected chi connectivity index (χ2v) is 4.61. The van der Waals surface area contributed by atoms with Crippen molar-refractivity contribution in [1.29, 1.82) is 0 Å². The molecule has 2 nitrogen and oxygen atoms in total. The van der Waals surface area contributed by atoms with Gasteiger partial charge < -0.3 is 11.1 Å². The third-order valence-electron chi connectivity index (χ3n) is 3.49. The van der Waals surface area contributed by atoms with Crippen LogP contribution in [0.25, 0.3) is 0 Å². The molecule has 0 radical (unpaired) electrons. The Bertz CT molecular complexity index is 359. The van der Waals surface area contributed by atoms with Gasteiger partial charge in [-0.1, -0.05) is 6.07 Å². The number of hydrogen-bond donors (Lipinski definition) is 2. The molecule has 0 aliphatic carbocycles. The summed E-state index contributed by atoms with van der Waals surface area (Å²) in [6.07, 6.45) is 2.16. The van der Waals surface area contributed by atoms with Crippen LogP contribution in [0.5, 0.6) is 0 Å². The second kappa shape index (κ2) is 4.93. The fraction of sp³-hybridized carbons (Fsp3) is 0.538. The molecule has 0 spiro atoms. The van der Waals surface area contributed by atoms with Crippen LogP contribution in [0.3, 0.4) is 0 Å². The van der Waals surface area contributed by atoms with Gasteiger partial charge in [0.2, 0.25) is 0 Å². The number of halogens is 1. The Kier molecular flexibility index (Phi) is 3.56. The van der Waals surface area contributed by atoms with E-state index in [1.807, 2.05) is 13.0 Å². The summed E-state index contributed by atoms with van der Waals surface area (Å²) in [5.41, 5.74) is 8.30. The Labute approximate surface area is 96.0 Å². The Balaban J connectivity index is 2.18. The maximum Gasteiger partial charge on any atom is 0.123 e. The topological polar surface area (TPSA) is 38.0 Å². The Morgan fingerprint density at radius 2 is 2.06 bits per heavy atom. The summed E-state index contributed by atoms with van der Waals surface area (Å²) >= 11 is 0. The van der Waals surface area contributed by atoms with E-state index in [-0.39, 0.29) is 11.9 Å². The van der Waals surface area contributed by atoms with E-state index in [1.54, 1.807) is 6.07 Å². The quantitative estimate of drug-likeness (QED) is 0.804. The molecular weight excluding hydrogens is 203 g/mol. The maximum atomic E-state index is 13.2. The molecule has 1 aliphatic heterocycles. The van der Waals surface area contributed by atoms with Crippen LogP contribution < -0.4 is 11.1 Å². The molecule has 1 fully saturated rings. The molecule has 2 rings (SSSR count). The lowest BCUT2D eigenvalue weighted by Gasteiger charge is -2.29. The van der Waals surface area contributed by atoms with Crippen molar-refractivity contribution in [2.75, 3.05) is 13.1 Å². The molecule has 0 saturated carbocycles. The third-order valence-corrected chi connectivity index (χ3v) is 3.49. The zero-order valence-electron chi connectivity index (χ0n) is 9.67. The van der Waals surface area contributed by atoms with Gasteiger partial charge in [-0.25, -0.2) is 4.39 Å². The zero-order chi connectivity index (χ0) is 11.5. The Morgan fingerprint density at radius 3 is 2.75 bits per heavy atom. The van der Waals surface area contributed by atoms with Crippen molar-refractivity contribution in [2.24, 2.45) is 11.7 Å². The highest BCUT2D eigenvalue weighted by Gasteiger charge is 2.22.